The van der Waals surface area contributed by atoms with Crippen LogP contribution in [0.4, 0.5) is 5.82 Å². The first kappa shape index (κ1) is 16.0. The van der Waals surface area contributed by atoms with E-state index in [1.807, 2.05) is 13.8 Å². The highest BCUT2D eigenvalue weighted by Gasteiger charge is 2.15. The third-order valence-corrected chi connectivity index (χ3v) is 3.16. The summed E-state index contributed by atoms with van der Waals surface area (Å²) in [6, 6.07) is 0. The molecule has 1 aromatic rings. The summed E-state index contributed by atoms with van der Waals surface area (Å²) in [5.74, 6) is 0.0546. The second-order valence-electron chi connectivity index (χ2n) is 4.64. The van der Waals surface area contributed by atoms with Gasteiger partial charge in [-0.3, -0.25) is 13.9 Å². The molecule has 1 rings (SSSR count). The van der Waals surface area contributed by atoms with Crippen molar-refractivity contribution in [3.63, 3.8) is 0 Å². The fourth-order valence-corrected chi connectivity index (χ4v) is 1.96. The number of rotatable bonds is 7. The van der Waals surface area contributed by atoms with Gasteiger partial charge in [-0.15, -0.1) is 0 Å². The molecule has 0 saturated heterocycles. The first-order chi connectivity index (χ1) is 9.58. The van der Waals surface area contributed by atoms with Gasteiger partial charge >= 0.3 is 5.69 Å². The number of hydrogen-bond acceptors (Lipinski definition) is 5. The fourth-order valence-electron chi connectivity index (χ4n) is 1.96. The Hall–Kier alpha value is -2.05. The molecule has 7 heteroatoms. The van der Waals surface area contributed by atoms with Crippen LogP contribution in [0, 0.1) is 0 Å². The highest BCUT2D eigenvalue weighted by Crippen LogP contribution is 2.05. The zero-order valence-corrected chi connectivity index (χ0v) is 12.0. The molecule has 0 aliphatic rings. The quantitative estimate of drug-likeness (QED) is 0.442. The summed E-state index contributed by atoms with van der Waals surface area (Å²) in [5.41, 5.74) is 5.01. The SMILES string of the molecule is CCCCn1c(N)c(C=NO)c(=O)n(CCCC)c1=O. The standard InChI is InChI=1S/C13H22N4O3/c1-3-5-7-16-11(14)10(9-15-20)12(18)17(13(16)19)8-6-4-2/h9,20H,3-8,14H2,1-2H3. The van der Waals surface area contributed by atoms with E-state index < -0.39 is 11.2 Å². The maximum atomic E-state index is 12.3. The van der Waals surface area contributed by atoms with E-state index in [0.29, 0.717) is 13.1 Å². The van der Waals surface area contributed by atoms with Crippen LogP contribution in [0.3, 0.4) is 0 Å². The highest BCUT2D eigenvalue weighted by molar-refractivity contribution is 5.84. The van der Waals surface area contributed by atoms with Crippen LogP contribution in [0.5, 0.6) is 0 Å². The molecule has 0 amide bonds. The molecular formula is C13H22N4O3. The number of nitrogens with two attached hydrogens (primary N) is 1. The molecule has 0 bridgehead atoms. The van der Waals surface area contributed by atoms with Crippen molar-refractivity contribution in [2.24, 2.45) is 5.16 Å². The van der Waals surface area contributed by atoms with E-state index >= 15 is 0 Å². The Morgan fingerprint density at radius 2 is 1.70 bits per heavy atom. The van der Waals surface area contributed by atoms with Crippen LogP contribution >= 0.6 is 0 Å². The minimum absolute atomic E-state index is 0.0546. The van der Waals surface area contributed by atoms with Gasteiger partial charge in [-0.25, -0.2) is 4.79 Å². The Labute approximate surface area is 117 Å². The van der Waals surface area contributed by atoms with Crippen LogP contribution in [0.2, 0.25) is 0 Å². The summed E-state index contributed by atoms with van der Waals surface area (Å²) in [5, 5.41) is 11.5. The number of oxime groups is 1. The molecule has 0 fully saturated rings. The van der Waals surface area contributed by atoms with Gasteiger partial charge in [-0.05, 0) is 12.8 Å². The third-order valence-electron chi connectivity index (χ3n) is 3.16. The molecule has 1 heterocycles. The van der Waals surface area contributed by atoms with Gasteiger partial charge in [0.1, 0.15) is 11.4 Å². The molecule has 20 heavy (non-hydrogen) atoms. The summed E-state index contributed by atoms with van der Waals surface area (Å²) in [6.45, 7) is 4.77. The molecule has 3 N–H and O–H groups in total. The topological polar surface area (TPSA) is 103 Å². The Morgan fingerprint density at radius 3 is 2.20 bits per heavy atom. The van der Waals surface area contributed by atoms with Crippen molar-refractivity contribution in [1.82, 2.24) is 9.13 Å². The number of nitrogen functional groups attached to an aromatic ring is 1. The van der Waals surface area contributed by atoms with Gasteiger partial charge in [0, 0.05) is 13.1 Å². The molecule has 0 aliphatic heterocycles. The highest BCUT2D eigenvalue weighted by atomic mass is 16.4. The van der Waals surface area contributed by atoms with Crippen LogP contribution in [-0.2, 0) is 13.1 Å². The van der Waals surface area contributed by atoms with E-state index in [0.717, 1.165) is 36.5 Å². The second kappa shape index (κ2) is 7.52. The van der Waals surface area contributed by atoms with E-state index in [1.54, 1.807) is 0 Å². The van der Waals surface area contributed by atoms with Crippen LogP contribution in [0.25, 0.3) is 0 Å². The molecule has 0 radical (unpaired) electrons. The molecule has 0 saturated carbocycles. The second-order valence-corrected chi connectivity index (χ2v) is 4.64. The van der Waals surface area contributed by atoms with Crippen LogP contribution in [-0.4, -0.2) is 20.6 Å². The normalized spacial score (nSPS) is 11.3. The number of hydrogen-bond donors (Lipinski definition) is 2. The van der Waals surface area contributed by atoms with E-state index in [2.05, 4.69) is 5.16 Å². The predicted octanol–water partition coefficient (Wildman–Crippen LogP) is 1.00. The number of unbranched alkanes of at least 4 members (excludes halogenated alkanes) is 2. The fraction of sp³-hybridized carbons (Fsp3) is 0.615. The maximum Gasteiger partial charge on any atom is 0.332 e. The lowest BCUT2D eigenvalue weighted by Crippen LogP contribution is -2.43. The van der Waals surface area contributed by atoms with Gasteiger partial charge in [-0.2, -0.15) is 0 Å². The molecule has 7 nitrogen and oxygen atoms in total. The zero-order valence-electron chi connectivity index (χ0n) is 12.0. The van der Waals surface area contributed by atoms with Gasteiger partial charge in [-0.1, -0.05) is 31.8 Å². The van der Waals surface area contributed by atoms with Gasteiger partial charge in [0.15, 0.2) is 0 Å². The van der Waals surface area contributed by atoms with E-state index in [4.69, 9.17) is 10.9 Å². The average molecular weight is 282 g/mol. The van der Waals surface area contributed by atoms with Crippen molar-refractivity contribution in [3.05, 3.63) is 26.4 Å². The van der Waals surface area contributed by atoms with Crippen LogP contribution in [0.15, 0.2) is 14.7 Å². The number of anilines is 1. The average Bonchev–Trinajstić information content (AvgIpc) is 2.43. The van der Waals surface area contributed by atoms with Crippen molar-refractivity contribution < 1.29 is 5.21 Å². The molecule has 0 spiro atoms. The van der Waals surface area contributed by atoms with Crippen molar-refractivity contribution in [3.8, 4) is 0 Å². The third kappa shape index (κ3) is 3.28. The van der Waals surface area contributed by atoms with Crippen LogP contribution < -0.4 is 17.0 Å². The van der Waals surface area contributed by atoms with Crippen molar-refractivity contribution in [2.75, 3.05) is 5.73 Å². The molecule has 0 aliphatic carbocycles. The molecule has 0 aromatic carbocycles. The molecule has 1 aromatic heterocycles. The van der Waals surface area contributed by atoms with Crippen molar-refractivity contribution in [2.45, 2.75) is 52.6 Å². The Kier molecular flexibility index (Phi) is 6.02. The summed E-state index contributed by atoms with van der Waals surface area (Å²) in [7, 11) is 0. The van der Waals surface area contributed by atoms with Gasteiger partial charge < -0.3 is 10.9 Å². The maximum absolute atomic E-state index is 12.3. The summed E-state index contributed by atoms with van der Waals surface area (Å²) in [4.78, 5) is 24.5. The first-order valence-corrected chi connectivity index (χ1v) is 6.88. The van der Waals surface area contributed by atoms with Gasteiger partial charge in [0.05, 0.1) is 6.21 Å². The largest absolute Gasteiger partial charge is 0.411 e. The number of nitrogens with zero attached hydrogens (tertiary/aromatic N) is 3. The smallest absolute Gasteiger partial charge is 0.332 e. The lowest BCUT2D eigenvalue weighted by atomic mass is 10.2. The minimum Gasteiger partial charge on any atom is -0.411 e. The Bertz CT molecular complexity index is 587. The summed E-state index contributed by atoms with van der Waals surface area (Å²) in [6.07, 6.45) is 4.27. The predicted molar refractivity (Wildman–Crippen MR) is 78.6 cm³/mol. The summed E-state index contributed by atoms with van der Waals surface area (Å²) < 4.78 is 2.53. The van der Waals surface area contributed by atoms with Gasteiger partial charge in [0.25, 0.3) is 5.56 Å². The lowest BCUT2D eigenvalue weighted by Gasteiger charge is -2.14. The molecule has 112 valence electrons. The molecule has 0 atom stereocenters. The van der Waals surface area contributed by atoms with Crippen molar-refractivity contribution >= 4 is 12.0 Å². The first-order valence-electron chi connectivity index (χ1n) is 6.88. The summed E-state index contributed by atoms with van der Waals surface area (Å²) >= 11 is 0. The minimum atomic E-state index is -0.508. The Morgan fingerprint density at radius 1 is 1.15 bits per heavy atom. The molecular weight excluding hydrogens is 260 g/mol. The van der Waals surface area contributed by atoms with Gasteiger partial charge in [0.2, 0.25) is 0 Å². The van der Waals surface area contributed by atoms with E-state index in [1.165, 1.54) is 4.57 Å². The van der Waals surface area contributed by atoms with E-state index in [9.17, 15) is 9.59 Å². The molecule has 0 unspecified atom stereocenters. The lowest BCUT2D eigenvalue weighted by molar-refractivity contribution is 0.321. The van der Waals surface area contributed by atoms with E-state index in [-0.39, 0.29) is 11.4 Å². The Balaban J connectivity index is 3.47. The zero-order chi connectivity index (χ0) is 15.1. The number of aromatic nitrogens is 2. The van der Waals surface area contributed by atoms with Crippen molar-refractivity contribution in [1.29, 1.82) is 0 Å². The van der Waals surface area contributed by atoms with Crippen LogP contribution in [0.1, 0.15) is 45.1 Å². The monoisotopic (exact) mass is 282 g/mol.